The number of anilines is 1. The zero-order valence-corrected chi connectivity index (χ0v) is 13.9. The van der Waals surface area contributed by atoms with Crippen molar-refractivity contribution in [2.75, 3.05) is 18.0 Å². The average Bonchev–Trinajstić information content (AvgIpc) is 2.91. The van der Waals surface area contributed by atoms with E-state index in [9.17, 15) is 4.79 Å². The minimum Gasteiger partial charge on any atom is -0.443 e. The van der Waals surface area contributed by atoms with Crippen LogP contribution in [-0.2, 0) is 4.74 Å². The van der Waals surface area contributed by atoms with Crippen molar-refractivity contribution >= 4 is 22.8 Å². The molecule has 1 saturated heterocycles. The number of carbonyl (C=O) groups excluding carboxylic acids is 1. The number of nitrogens with one attached hydrogen (secondary N) is 2. The van der Waals surface area contributed by atoms with E-state index < -0.39 is 5.60 Å². The van der Waals surface area contributed by atoms with E-state index in [2.05, 4.69) is 15.3 Å². The van der Waals surface area contributed by atoms with E-state index in [1.165, 1.54) is 0 Å². The topological polar surface area (TPSA) is 70.2 Å². The molecular weight excluding hydrogens is 292 g/mol. The summed E-state index contributed by atoms with van der Waals surface area (Å²) < 4.78 is 5.64. The third-order valence-corrected chi connectivity index (χ3v) is 3.90. The van der Waals surface area contributed by atoms with Gasteiger partial charge in [-0.15, -0.1) is 0 Å². The smallest absolute Gasteiger partial charge is 0.415 e. The fourth-order valence-electron chi connectivity index (χ4n) is 2.93. The van der Waals surface area contributed by atoms with Crippen molar-refractivity contribution in [2.24, 2.45) is 0 Å². The monoisotopic (exact) mass is 316 g/mol. The number of pyridine rings is 1. The number of amides is 1. The molecule has 1 atom stereocenters. The van der Waals surface area contributed by atoms with Crippen molar-refractivity contribution in [3.63, 3.8) is 0 Å². The first kappa shape index (κ1) is 15.8. The molecule has 6 heteroatoms. The lowest BCUT2D eigenvalue weighted by atomic mass is 10.1. The van der Waals surface area contributed by atoms with Crippen molar-refractivity contribution in [2.45, 2.75) is 45.3 Å². The molecule has 124 valence electrons. The zero-order valence-electron chi connectivity index (χ0n) is 13.9. The van der Waals surface area contributed by atoms with Gasteiger partial charge in [0.05, 0.1) is 17.2 Å². The summed E-state index contributed by atoms with van der Waals surface area (Å²) in [4.78, 5) is 22.2. The molecule has 3 rings (SSSR count). The number of fused-ring (bicyclic) bond motifs is 1. The maximum absolute atomic E-state index is 12.8. The van der Waals surface area contributed by atoms with Gasteiger partial charge in [-0.3, -0.25) is 9.88 Å². The summed E-state index contributed by atoms with van der Waals surface area (Å²) in [6.07, 6.45) is 5.26. The number of hydrogen-bond donors (Lipinski definition) is 2. The van der Waals surface area contributed by atoms with Crippen LogP contribution in [0.25, 0.3) is 11.0 Å². The summed E-state index contributed by atoms with van der Waals surface area (Å²) >= 11 is 0. The molecular formula is C17H24N4O2. The molecule has 1 amide bonds. The third kappa shape index (κ3) is 3.47. The zero-order chi connectivity index (χ0) is 16.4. The van der Waals surface area contributed by atoms with E-state index >= 15 is 0 Å². The molecule has 1 fully saturated rings. The van der Waals surface area contributed by atoms with Crippen molar-refractivity contribution in [3.8, 4) is 0 Å². The van der Waals surface area contributed by atoms with Crippen LogP contribution in [0.4, 0.5) is 10.5 Å². The molecule has 2 aromatic rings. The van der Waals surface area contributed by atoms with E-state index in [0.29, 0.717) is 0 Å². The quantitative estimate of drug-likeness (QED) is 0.893. The number of piperidine rings is 1. The van der Waals surface area contributed by atoms with Gasteiger partial charge in [0.1, 0.15) is 11.1 Å². The summed E-state index contributed by atoms with van der Waals surface area (Å²) in [5.74, 6) is 0. The Kier molecular flexibility index (Phi) is 4.26. The van der Waals surface area contributed by atoms with Gasteiger partial charge in [-0.05, 0) is 52.3 Å². The Bertz CT molecular complexity index is 683. The summed E-state index contributed by atoms with van der Waals surface area (Å²) in [6.45, 7) is 7.41. The van der Waals surface area contributed by atoms with Crippen LogP contribution in [0.1, 0.15) is 33.6 Å². The van der Waals surface area contributed by atoms with Crippen LogP contribution >= 0.6 is 0 Å². The molecule has 3 heterocycles. The molecule has 2 N–H and O–H groups in total. The van der Waals surface area contributed by atoms with Crippen LogP contribution in [0.15, 0.2) is 24.5 Å². The SMILES string of the molecule is CC(C)(C)OC(=O)N(c1c[nH]c2cccnc12)C1CCCNC1. The molecule has 0 bridgehead atoms. The lowest BCUT2D eigenvalue weighted by Gasteiger charge is -2.35. The second-order valence-corrected chi connectivity index (χ2v) is 6.92. The van der Waals surface area contributed by atoms with Gasteiger partial charge in [-0.25, -0.2) is 4.79 Å². The molecule has 1 aliphatic rings. The van der Waals surface area contributed by atoms with Crippen LogP contribution in [0.3, 0.4) is 0 Å². The molecule has 0 aliphatic carbocycles. The van der Waals surface area contributed by atoms with Gasteiger partial charge in [0.25, 0.3) is 0 Å². The third-order valence-electron chi connectivity index (χ3n) is 3.90. The summed E-state index contributed by atoms with van der Waals surface area (Å²) in [6, 6.07) is 3.90. The second kappa shape index (κ2) is 6.20. The van der Waals surface area contributed by atoms with Gasteiger partial charge in [-0.1, -0.05) is 0 Å². The molecule has 23 heavy (non-hydrogen) atoms. The van der Waals surface area contributed by atoms with Crippen LogP contribution in [0.2, 0.25) is 0 Å². The summed E-state index contributed by atoms with van der Waals surface area (Å²) in [7, 11) is 0. The Morgan fingerprint density at radius 2 is 2.26 bits per heavy atom. The lowest BCUT2D eigenvalue weighted by Crippen LogP contribution is -2.50. The number of aromatic nitrogens is 2. The predicted octanol–water partition coefficient (Wildman–Crippen LogP) is 3.06. The van der Waals surface area contributed by atoms with Crippen LogP contribution in [-0.4, -0.2) is 40.8 Å². The van der Waals surface area contributed by atoms with E-state index in [0.717, 1.165) is 42.7 Å². The minimum absolute atomic E-state index is 0.0691. The number of aromatic amines is 1. The number of ether oxygens (including phenoxy) is 1. The Morgan fingerprint density at radius 1 is 1.43 bits per heavy atom. The van der Waals surface area contributed by atoms with Crippen LogP contribution in [0, 0.1) is 0 Å². The number of rotatable bonds is 2. The molecule has 0 aromatic carbocycles. The Balaban J connectivity index is 1.98. The Hall–Kier alpha value is -2.08. The molecule has 2 aromatic heterocycles. The van der Waals surface area contributed by atoms with E-state index in [1.54, 1.807) is 11.1 Å². The highest BCUT2D eigenvalue weighted by molar-refractivity contribution is 5.99. The van der Waals surface area contributed by atoms with Crippen LogP contribution in [0.5, 0.6) is 0 Å². The average molecular weight is 316 g/mol. The van der Waals surface area contributed by atoms with Crippen molar-refractivity contribution < 1.29 is 9.53 Å². The van der Waals surface area contributed by atoms with Gasteiger partial charge in [0.15, 0.2) is 0 Å². The predicted molar refractivity (Wildman–Crippen MR) is 90.7 cm³/mol. The highest BCUT2D eigenvalue weighted by atomic mass is 16.6. The standard InChI is InChI=1S/C17H24N4O2/c1-17(2,3)23-16(22)21(12-6-4-8-18-10-12)14-11-20-13-7-5-9-19-15(13)14/h5,7,9,11-12,18,20H,4,6,8,10H2,1-3H3. The molecule has 0 spiro atoms. The van der Waals surface area contributed by atoms with Gasteiger partial charge in [0.2, 0.25) is 0 Å². The molecule has 1 unspecified atom stereocenters. The first-order valence-corrected chi connectivity index (χ1v) is 8.11. The first-order chi connectivity index (χ1) is 11.0. The first-order valence-electron chi connectivity index (χ1n) is 8.11. The molecule has 0 saturated carbocycles. The Labute approximate surface area is 136 Å². The lowest BCUT2D eigenvalue weighted by molar-refractivity contribution is 0.0560. The molecule has 6 nitrogen and oxygen atoms in total. The van der Waals surface area contributed by atoms with Gasteiger partial charge in [0, 0.05) is 18.9 Å². The van der Waals surface area contributed by atoms with Gasteiger partial charge >= 0.3 is 6.09 Å². The van der Waals surface area contributed by atoms with E-state index in [-0.39, 0.29) is 12.1 Å². The number of carbonyl (C=O) groups is 1. The molecule has 0 radical (unpaired) electrons. The van der Waals surface area contributed by atoms with E-state index in [1.807, 2.05) is 39.1 Å². The van der Waals surface area contributed by atoms with Crippen LogP contribution < -0.4 is 10.2 Å². The second-order valence-electron chi connectivity index (χ2n) is 6.92. The maximum atomic E-state index is 12.8. The number of hydrogen-bond acceptors (Lipinski definition) is 4. The highest BCUT2D eigenvalue weighted by Crippen LogP contribution is 2.29. The normalized spacial score (nSPS) is 18.8. The van der Waals surface area contributed by atoms with Crippen molar-refractivity contribution in [3.05, 3.63) is 24.5 Å². The number of nitrogens with zero attached hydrogens (tertiary/aromatic N) is 2. The van der Waals surface area contributed by atoms with E-state index in [4.69, 9.17) is 4.74 Å². The van der Waals surface area contributed by atoms with Crippen molar-refractivity contribution in [1.29, 1.82) is 0 Å². The van der Waals surface area contributed by atoms with Crippen molar-refractivity contribution in [1.82, 2.24) is 15.3 Å². The maximum Gasteiger partial charge on any atom is 0.415 e. The fraction of sp³-hybridized carbons (Fsp3) is 0.529. The largest absolute Gasteiger partial charge is 0.443 e. The Morgan fingerprint density at radius 3 is 2.96 bits per heavy atom. The minimum atomic E-state index is -0.531. The number of H-pyrrole nitrogens is 1. The highest BCUT2D eigenvalue weighted by Gasteiger charge is 2.32. The summed E-state index contributed by atoms with van der Waals surface area (Å²) in [5.41, 5.74) is 1.96. The van der Waals surface area contributed by atoms with Gasteiger partial charge < -0.3 is 15.0 Å². The van der Waals surface area contributed by atoms with Gasteiger partial charge in [-0.2, -0.15) is 0 Å². The molecule has 1 aliphatic heterocycles. The summed E-state index contributed by atoms with van der Waals surface area (Å²) in [5, 5.41) is 3.36. The fourth-order valence-corrected chi connectivity index (χ4v) is 2.93.